The quantitative estimate of drug-likeness (QED) is 0.457. The number of rotatable bonds is 6. The van der Waals surface area contributed by atoms with Crippen molar-refractivity contribution in [1.29, 1.82) is 0 Å². The van der Waals surface area contributed by atoms with E-state index in [0.717, 1.165) is 37.4 Å². The molecule has 9 heteroatoms. The highest BCUT2D eigenvalue weighted by Gasteiger charge is 2.22. The Morgan fingerprint density at radius 1 is 1.12 bits per heavy atom. The fourth-order valence-corrected chi connectivity index (χ4v) is 4.48. The van der Waals surface area contributed by atoms with Crippen LogP contribution < -0.4 is 20.5 Å². The van der Waals surface area contributed by atoms with Gasteiger partial charge >= 0.3 is 0 Å². The first kappa shape index (κ1) is 22.1. The summed E-state index contributed by atoms with van der Waals surface area (Å²) < 4.78 is 7.53. The Balaban J connectivity index is 1.55. The van der Waals surface area contributed by atoms with Crippen LogP contribution in [0.25, 0.3) is 28.1 Å². The van der Waals surface area contributed by atoms with Crippen molar-refractivity contribution < 1.29 is 4.74 Å². The number of hydrogen-bond donors (Lipinski definition) is 2. The summed E-state index contributed by atoms with van der Waals surface area (Å²) in [6, 6.07) is 14.0. The van der Waals surface area contributed by atoms with Gasteiger partial charge in [-0.15, -0.1) is 0 Å². The lowest BCUT2D eigenvalue weighted by atomic mass is 10.1. The molecule has 0 spiro atoms. The molecule has 0 bridgehead atoms. The van der Waals surface area contributed by atoms with Crippen molar-refractivity contribution in [2.24, 2.45) is 0 Å². The van der Waals surface area contributed by atoms with Gasteiger partial charge in [0.05, 0.1) is 23.6 Å². The standard InChI is InChI=1S/C25H29N7O2/c1-4-34-25-19(10-11-20(27-25)31-14-12-17(26-3)13-15-31)23-28-21-16(2)30-32(22(21)24(33)29-23)18-8-6-5-7-9-18/h5-11,17,26H,4,12-15H2,1-3H3,(H,28,29,33). The van der Waals surface area contributed by atoms with E-state index in [-0.39, 0.29) is 5.56 Å². The summed E-state index contributed by atoms with van der Waals surface area (Å²) in [5.74, 6) is 1.76. The minimum atomic E-state index is -0.259. The lowest BCUT2D eigenvalue weighted by molar-refractivity contribution is 0.328. The zero-order chi connectivity index (χ0) is 23.7. The Bertz CT molecular complexity index is 1360. The number of ether oxygens (including phenoxy) is 1. The maximum Gasteiger partial charge on any atom is 0.277 e. The second-order valence-electron chi connectivity index (χ2n) is 8.45. The molecule has 1 aliphatic rings. The van der Waals surface area contributed by atoms with Crippen molar-refractivity contribution in [2.45, 2.75) is 32.7 Å². The summed E-state index contributed by atoms with van der Waals surface area (Å²) in [7, 11) is 2.01. The molecule has 2 N–H and O–H groups in total. The second-order valence-corrected chi connectivity index (χ2v) is 8.45. The van der Waals surface area contributed by atoms with Crippen LogP contribution in [-0.4, -0.2) is 57.5 Å². The fourth-order valence-electron chi connectivity index (χ4n) is 4.48. The molecule has 1 aliphatic heterocycles. The van der Waals surface area contributed by atoms with Crippen LogP contribution in [0.15, 0.2) is 47.3 Å². The normalized spacial score (nSPS) is 14.6. The molecular weight excluding hydrogens is 430 g/mol. The van der Waals surface area contributed by atoms with Gasteiger partial charge in [-0.3, -0.25) is 4.79 Å². The van der Waals surface area contributed by atoms with Gasteiger partial charge in [0.2, 0.25) is 5.88 Å². The summed E-state index contributed by atoms with van der Waals surface area (Å²) in [5, 5.41) is 7.93. The molecule has 9 nitrogen and oxygen atoms in total. The monoisotopic (exact) mass is 459 g/mol. The van der Waals surface area contributed by atoms with E-state index in [0.29, 0.717) is 46.6 Å². The predicted molar refractivity (Wildman–Crippen MR) is 133 cm³/mol. The number of aromatic amines is 1. The number of para-hydroxylation sites is 1. The maximum absolute atomic E-state index is 13.2. The van der Waals surface area contributed by atoms with Gasteiger partial charge in [0.15, 0.2) is 5.52 Å². The van der Waals surface area contributed by atoms with E-state index < -0.39 is 0 Å². The molecule has 0 atom stereocenters. The van der Waals surface area contributed by atoms with Crippen LogP contribution in [-0.2, 0) is 0 Å². The fraction of sp³-hybridized carbons (Fsp3) is 0.360. The lowest BCUT2D eigenvalue weighted by Crippen LogP contribution is -2.41. The number of H-pyrrole nitrogens is 1. The van der Waals surface area contributed by atoms with E-state index in [1.807, 2.05) is 63.4 Å². The topological polar surface area (TPSA) is 101 Å². The summed E-state index contributed by atoms with van der Waals surface area (Å²) in [6.45, 7) is 6.11. The molecule has 1 fully saturated rings. The van der Waals surface area contributed by atoms with Crippen molar-refractivity contribution in [1.82, 2.24) is 30.0 Å². The number of piperidine rings is 1. The SMILES string of the molecule is CCOc1nc(N2CCC(NC)CC2)ccc1-c1nc2c(C)nn(-c3ccccc3)c2c(=O)[nH]1. The van der Waals surface area contributed by atoms with Gasteiger partial charge < -0.3 is 19.9 Å². The van der Waals surface area contributed by atoms with Crippen LogP contribution in [0.5, 0.6) is 5.88 Å². The highest BCUT2D eigenvalue weighted by Crippen LogP contribution is 2.30. The van der Waals surface area contributed by atoms with Gasteiger partial charge in [0.25, 0.3) is 5.56 Å². The highest BCUT2D eigenvalue weighted by atomic mass is 16.5. The summed E-state index contributed by atoms with van der Waals surface area (Å²) >= 11 is 0. The Hall–Kier alpha value is -3.72. The molecule has 0 saturated carbocycles. The molecule has 34 heavy (non-hydrogen) atoms. The molecule has 1 saturated heterocycles. The number of aryl methyl sites for hydroxylation is 1. The molecule has 3 aromatic heterocycles. The molecule has 1 aromatic carbocycles. The molecule has 0 amide bonds. The molecule has 0 aliphatic carbocycles. The molecule has 4 heterocycles. The van der Waals surface area contributed by atoms with E-state index in [4.69, 9.17) is 14.7 Å². The third-order valence-corrected chi connectivity index (χ3v) is 6.31. The van der Waals surface area contributed by atoms with E-state index >= 15 is 0 Å². The van der Waals surface area contributed by atoms with Crippen LogP contribution in [0, 0.1) is 6.92 Å². The van der Waals surface area contributed by atoms with Crippen LogP contribution in [0.3, 0.4) is 0 Å². The number of pyridine rings is 1. The zero-order valence-electron chi connectivity index (χ0n) is 19.7. The van der Waals surface area contributed by atoms with Crippen LogP contribution in [0.1, 0.15) is 25.5 Å². The van der Waals surface area contributed by atoms with Crippen LogP contribution in [0.4, 0.5) is 5.82 Å². The van der Waals surface area contributed by atoms with Crippen LogP contribution >= 0.6 is 0 Å². The van der Waals surface area contributed by atoms with Crippen molar-refractivity contribution in [3.8, 4) is 23.0 Å². The average molecular weight is 460 g/mol. The van der Waals surface area contributed by atoms with Gasteiger partial charge in [-0.2, -0.15) is 10.1 Å². The molecule has 4 aromatic rings. The molecule has 5 rings (SSSR count). The van der Waals surface area contributed by atoms with Crippen molar-refractivity contribution in [3.63, 3.8) is 0 Å². The number of hydrogen-bond acceptors (Lipinski definition) is 7. The van der Waals surface area contributed by atoms with E-state index in [1.54, 1.807) is 4.68 Å². The number of nitrogens with one attached hydrogen (secondary N) is 2. The first-order valence-corrected chi connectivity index (χ1v) is 11.7. The number of fused-ring (bicyclic) bond motifs is 1. The first-order chi connectivity index (χ1) is 16.6. The average Bonchev–Trinajstić information content (AvgIpc) is 3.21. The summed E-state index contributed by atoms with van der Waals surface area (Å²) in [6.07, 6.45) is 2.14. The van der Waals surface area contributed by atoms with Crippen LogP contribution in [0.2, 0.25) is 0 Å². The minimum absolute atomic E-state index is 0.259. The third kappa shape index (κ3) is 4.03. The Morgan fingerprint density at radius 3 is 2.59 bits per heavy atom. The number of anilines is 1. The Labute approximate surface area is 197 Å². The van der Waals surface area contributed by atoms with E-state index in [2.05, 4.69) is 20.3 Å². The van der Waals surface area contributed by atoms with Crippen molar-refractivity contribution in [2.75, 3.05) is 31.6 Å². The lowest BCUT2D eigenvalue weighted by Gasteiger charge is -2.32. The van der Waals surface area contributed by atoms with E-state index in [9.17, 15) is 4.79 Å². The number of aromatic nitrogens is 5. The summed E-state index contributed by atoms with van der Waals surface area (Å²) in [5.41, 5.74) is 2.86. The van der Waals surface area contributed by atoms with Gasteiger partial charge in [0.1, 0.15) is 17.2 Å². The highest BCUT2D eigenvalue weighted by molar-refractivity contribution is 5.81. The summed E-state index contributed by atoms with van der Waals surface area (Å²) in [4.78, 5) is 28.0. The van der Waals surface area contributed by atoms with Crippen molar-refractivity contribution >= 4 is 16.9 Å². The minimum Gasteiger partial charge on any atom is -0.477 e. The maximum atomic E-state index is 13.2. The molecular formula is C25H29N7O2. The molecule has 0 unspecified atom stereocenters. The second kappa shape index (κ2) is 9.26. The smallest absolute Gasteiger partial charge is 0.277 e. The Morgan fingerprint density at radius 2 is 1.88 bits per heavy atom. The van der Waals surface area contributed by atoms with E-state index in [1.165, 1.54) is 0 Å². The van der Waals surface area contributed by atoms with Gasteiger partial charge in [0, 0.05) is 19.1 Å². The first-order valence-electron chi connectivity index (χ1n) is 11.7. The van der Waals surface area contributed by atoms with Gasteiger partial charge in [-0.05, 0) is 58.0 Å². The number of nitrogens with zero attached hydrogens (tertiary/aromatic N) is 5. The van der Waals surface area contributed by atoms with Crippen molar-refractivity contribution in [3.05, 3.63) is 58.5 Å². The molecule has 176 valence electrons. The van der Waals surface area contributed by atoms with Gasteiger partial charge in [-0.1, -0.05) is 18.2 Å². The zero-order valence-corrected chi connectivity index (χ0v) is 19.7. The number of benzene rings is 1. The van der Waals surface area contributed by atoms with Gasteiger partial charge in [-0.25, -0.2) is 9.67 Å². The Kier molecular flexibility index (Phi) is 6.02. The third-order valence-electron chi connectivity index (χ3n) is 6.31. The largest absolute Gasteiger partial charge is 0.477 e. The molecule has 0 radical (unpaired) electrons. The predicted octanol–water partition coefficient (Wildman–Crippen LogP) is 3.07.